The SMILES string of the molecule is CC1CC2CCC(C1)N2CC[C@H](NC(=O)CC#N)c1ccc(C#N)s1. The van der Waals surface area contributed by atoms with Crippen LogP contribution in [0.25, 0.3) is 0 Å². The van der Waals surface area contributed by atoms with E-state index >= 15 is 0 Å². The molecule has 0 aliphatic carbocycles. The largest absolute Gasteiger partial charge is 0.348 e. The Balaban J connectivity index is 1.66. The summed E-state index contributed by atoms with van der Waals surface area (Å²) in [5.74, 6) is 0.574. The number of fused-ring (bicyclic) bond motifs is 2. The third-order valence-electron chi connectivity index (χ3n) is 5.45. The minimum atomic E-state index is -0.241. The highest BCUT2D eigenvalue weighted by atomic mass is 32.1. The van der Waals surface area contributed by atoms with Crippen molar-refractivity contribution in [1.82, 2.24) is 10.2 Å². The van der Waals surface area contributed by atoms with Gasteiger partial charge >= 0.3 is 0 Å². The number of thiophene rings is 1. The molecule has 3 heterocycles. The minimum Gasteiger partial charge on any atom is -0.348 e. The first kappa shape index (κ1) is 17.9. The molecule has 5 nitrogen and oxygen atoms in total. The van der Waals surface area contributed by atoms with Crippen molar-refractivity contribution >= 4 is 17.2 Å². The number of nitrogens with one attached hydrogen (secondary N) is 1. The molecule has 1 aromatic rings. The molecule has 2 unspecified atom stereocenters. The summed E-state index contributed by atoms with van der Waals surface area (Å²) in [5, 5.41) is 20.8. The summed E-state index contributed by atoms with van der Waals surface area (Å²) in [5.41, 5.74) is 0. The topological polar surface area (TPSA) is 79.9 Å². The number of rotatable bonds is 6. The lowest BCUT2D eigenvalue weighted by atomic mass is 9.92. The highest BCUT2D eigenvalue weighted by Crippen LogP contribution is 2.39. The Morgan fingerprint density at radius 1 is 1.36 bits per heavy atom. The number of nitriles is 2. The van der Waals surface area contributed by atoms with E-state index < -0.39 is 0 Å². The Kier molecular flexibility index (Phi) is 5.73. The molecule has 6 heteroatoms. The molecule has 0 spiro atoms. The molecule has 2 aliphatic heterocycles. The normalized spacial score (nSPS) is 26.6. The van der Waals surface area contributed by atoms with Crippen molar-refractivity contribution in [2.45, 2.75) is 63.6 Å². The highest BCUT2D eigenvalue weighted by Gasteiger charge is 2.39. The fourth-order valence-corrected chi connectivity index (χ4v) is 5.28. The number of piperidine rings is 1. The fraction of sp³-hybridized carbons (Fsp3) is 0.632. The predicted molar refractivity (Wildman–Crippen MR) is 96.7 cm³/mol. The molecule has 1 N–H and O–H groups in total. The van der Waals surface area contributed by atoms with Crippen molar-refractivity contribution in [2.24, 2.45) is 5.92 Å². The Hall–Kier alpha value is -1.89. The molecule has 0 saturated carbocycles. The fourth-order valence-electron chi connectivity index (χ4n) is 4.39. The maximum atomic E-state index is 11.9. The molecule has 1 aromatic heterocycles. The summed E-state index contributed by atoms with van der Waals surface area (Å²) in [6.45, 7) is 3.31. The summed E-state index contributed by atoms with van der Waals surface area (Å²) >= 11 is 1.43. The van der Waals surface area contributed by atoms with Gasteiger partial charge in [0.15, 0.2) is 0 Å². The summed E-state index contributed by atoms with van der Waals surface area (Å²) in [6.07, 6.45) is 5.83. The van der Waals surface area contributed by atoms with E-state index in [0.717, 1.165) is 23.8 Å². The number of nitrogens with zero attached hydrogens (tertiary/aromatic N) is 3. The smallest absolute Gasteiger partial charge is 0.234 e. The van der Waals surface area contributed by atoms with Crippen LogP contribution in [0.1, 0.15) is 61.2 Å². The van der Waals surface area contributed by atoms with Crippen molar-refractivity contribution in [3.05, 3.63) is 21.9 Å². The van der Waals surface area contributed by atoms with E-state index in [2.05, 4.69) is 23.2 Å². The molecule has 3 atom stereocenters. The van der Waals surface area contributed by atoms with Crippen LogP contribution in [0.4, 0.5) is 0 Å². The Morgan fingerprint density at radius 3 is 2.68 bits per heavy atom. The van der Waals surface area contributed by atoms with Gasteiger partial charge in [-0.2, -0.15) is 10.5 Å². The zero-order valence-electron chi connectivity index (χ0n) is 14.6. The van der Waals surface area contributed by atoms with E-state index in [4.69, 9.17) is 10.5 Å². The van der Waals surface area contributed by atoms with E-state index in [9.17, 15) is 4.79 Å². The molecular weight excluding hydrogens is 332 g/mol. The lowest BCUT2D eigenvalue weighted by molar-refractivity contribution is -0.120. The first-order valence-corrected chi connectivity index (χ1v) is 9.84. The van der Waals surface area contributed by atoms with Gasteiger partial charge in [-0.15, -0.1) is 11.3 Å². The van der Waals surface area contributed by atoms with Gasteiger partial charge in [0.25, 0.3) is 0 Å². The van der Waals surface area contributed by atoms with E-state index in [1.54, 1.807) is 6.07 Å². The van der Waals surface area contributed by atoms with Crippen LogP contribution in [0.15, 0.2) is 12.1 Å². The molecule has 2 aliphatic rings. The van der Waals surface area contributed by atoms with Crippen LogP contribution in [0, 0.1) is 28.6 Å². The predicted octanol–water partition coefficient (Wildman–Crippen LogP) is 3.34. The van der Waals surface area contributed by atoms with Crippen LogP contribution in [-0.4, -0.2) is 29.4 Å². The number of carbonyl (C=O) groups is 1. The summed E-state index contributed by atoms with van der Waals surface area (Å²) in [4.78, 5) is 16.2. The number of amides is 1. The van der Waals surface area contributed by atoms with Gasteiger partial charge in [-0.25, -0.2) is 0 Å². The Morgan fingerprint density at radius 2 is 2.08 bits per heavy atom. The zero-order chi connectivity index (χ0) is 17.8. The van der Waals surface area contributed by atoms with Crippen molar-refractivity contribution in [3.63, 3.8) is 0 Å². The zero-order valence-corrected chi connectivity index (χ0v) is 15.4. The van der Waals surface area contributed by atoms with Crippen molar-refractivity contribution in [1.29, 1.82) is 10.5 Å². The average molecular weight is 356 g/mol. The molecule has 3 rings (SSSR count). The first-order valence-electron chi connectivity index (χ1n) is 9.02. The summed E-state index contributed by atoms with van der Waals surface area (Å²) in [6, 6.07) is 9.03. The molecule has 0 radical (unpaired) electrons. The maximum absolute atomic E-state index is 11.9. The standard InChI is InChI=1S/C19H24N4OS/c1-13-10-14-2-3-15(11-13)23(14)9-7-17(22-19(24)6-8-20)18-5-4-16(12-21)25-18/h4-5,13-15,17H,2-3,6-7,9-11H2,1H3,(H,22,24)/t13?,14?,15?,17-/m0/s1. The second kappa shape index (κ2) is 7.99. The second-order valence-corrected chi connectivity index (χ2v) is 8.37. The summed E-state index contributed by atoms with van der Waals surface area (Å²) < 4.78 is 0. The molecule has 25 heavy (non-hydrogen) atoms. The summed E-state index contributed by atoms with van der Waals surface area (Å²) in [7, 11) is 0. The van der Waals surface area contributed by atoms with Gasteiger partial charge in [0.05, 0.1) is 12.1 Å². The molecule has 2 saturated heterocycles. The van der Waals surface area contributed by atoms with Crippen molar-refractivity contribution in [3.8, 4) is 12.1 Å². The minimum absolute atomic E-state index is 0.119. The average Bonchev–Trinajstić information content (AvgIpc) is 3.15. The van der Waals surface area contributed by atoms with Gasteiger partial charge in [-0.1, -0.05) is 6.92 Å². The van der Waals surface area contributed by atoms with Gasteiger partial charge in [0.1, 0.15) is 17.4 Å². The van der Waals surface area contributed by atoms with Crippen LogP contribution < -0.4 is 5.32 Å². The number of carbonyl (C=O) groups excluding carboxylic acids is 1. The van der Waals surface area contributed by atoms with Gasteiger partial charge < -0.3 is 5.32 Å². The Labute approximate surface area is 153 Å². The third kappa shape index (κ3) is 4.21. The molecule has 2 fully saturated rings. The lowest BCUT2D eigenvalue weighted by Gasteiger charge is -2.38. The Bertz CT molecular complexity index is 687. The van der Waals surface area contributed by atoms with Gasteiger partial charge in [0.2, 0.25) is 5.91 Å². The van der Waals surface area contributed by atoms with Gasteiger partial charge in [0, 0.05) is 23.5 Å². The van der Waals surface area contributed by atoms with Crippen LogP contribution in [-0.2, 0) is 4.79 Å². The third-order valence-corrected chi connectivity index (χ3v) is 6.55. The molecule has 2 bridgehead atoms. The van der Waals surface area contributed by atoms with Crippen molar-refractivity contribution in [2.75, 3.05) is 6.54 Å². The number of hydrogen-bond donors (Lipinski definition) is 1. The van der Waals surface area contributed by atoms with Crippen LogP contribution in [0.5, 0.6) is 0 Å². The van der Waals surface area contributed by atoms with Crippen LogP contribution in [0.3, 0.4) is 0 Å². The van der Waals surface area contributed by atoms with Gasteiger partial charge in [-0.05, 0) is 50.2 Å². The molecule has 0 aromatic carbocycles. The molecule has 132 valence electrons. The molecular formula is C19H24N4OS. The van der Waals surface area contributed by atoms with E-state index in [1.165, 1.54) is 37.0 Å². The second-order valence-electron chi connectivity index (χ2n) is 7.26. The highest BCUT2D eigenvalue weighted by molar-refractivity contribution is 7.12. The monoisotopic (exact) mass is 356 g/mol. The van der Waals surface area contributed by atoms with Crippen LogP contribution in [0.2, 0.25) is 0 Å². The number of hydrogen-bond acceptors (Lipinski definition) is 5. The van der Waals surface area contributed by atoms with E-state index in [1.807, 2.05) is 12.1 Å². The lowest BCUT2D eigenvalue weighted by Crippen LogP contribution is -2.43. The maximum Gasteiger partial charge on any atom is 0.234 e. The van der Waals surface area contributed by atoms with Crippen molar-refractivity contribution < 1.29 is 4.79 Å². The van der Waals surface area contributed by atoms with E-state index in [0.29, 0.717) is 17.0 Å². The van der Waals surface area contributed by atoms with Crippen LogP contribution >= 0.6 is 11.3 Å². The van der Waals surface area contributed by atoms with E-state index in [-0.39, 0.29) is 18.4 Å². The van der Waals surface area contributed by atoms with Gasteiger partial charge in [-0.3, -0.25) is 9.69 Å². The first-order chi connectivity index (χ1) is 12.1. The quantitative estimate of drug-likeness (QED) is 0.848. The molecule has 1 amide bonds.